The van der Waals surface area contributed by atoms with Crippen LogP contribution in [0.3, 0.4) is 0 Å². The van der Waals surface area contributed by atoms with E-state index in [1.807, 2.05) is 18.0 Å². The van der Waals surface area contributed by atoms with E-state index in [1.54, 1.807) is 0 Å². The number of imidazole rings is 1. The second kappa shape index (κ2) is 4.98. The zero-order valence-corrected chi connectivity index (χ0v) is 12.0. The number of pyridine rings is 1. The molecular weight excluding hydrogens is 264 g/mol. The molecule has 0 bridgehead atoms. The van der Waals surface area contributed by atoms with Gasteiger partial charge in [-0.25, -0.2) is 4.98 Å². The van der Waals surface area contributed by atoms with Crippen molar-refractivity contribution >= 4 is 17.3 Å². The van der Waals surface area contributed by atoms with Crippen LogP contribution in [0.4, 0.5) is 0 Å². The van der Waals surface area contributed by atoms with Gasteiger partial charge in [0.2, 0.25) is 0 Å². The second-order valence-electron chi connectivity index (χ2n) is 5.23. The number of aromatic nitrogens is 2. The highest BCUT2D eigenvalue weighted by Crippen LogP contribution is 2.42. The third-order valence-corrected chi connectivity index (χ3v) is 5.25. The van der Waals surface area contributed by atoms with Gasteiger partial charge in [0.05, 0.1) is 11.7 Å². The zero-order valence-electron chi connectivity index (χ0n) is 11.2. The van der Waals surface area contributed by atoms with Crippen LogP contribution in [0.15, 0.2) is 60.0 Å². The fraction of sp³-hybridized carbons (Fsp3) is 0.235. The average molecular weight is 280 g/mol. The van der Waals surface area contributed by atoms with Crippen LogP contribution in [0.1, 0.15) is 29.2 Å². The molecule has 1 aliphatic rings. The van der Waals surface area contributed by atoms with Gasteiger partial charge in [-0.15, -0.1) is 0 Å². The predicted octanol–water partition coefficient (Wildman–Crippen LogP) is 4.50. The molecule has 4 rings (SSSR count). The molecule has 0 aliphatic heterocycles. The summed E-state index contributed by atoms with van der Waals surface area (Å²) < 4.78 is 2.18. The van der Waals surface area contributed by atoms with Gasteiger partial charge in [0.15, 0.2) is 5.16 Å². The Hall–Kier alpha value is -1.74. The maximum atomic E-state index is 4.59. The first-order valence-electron chi connectivity index (χ1n) is 7.08. The molecule has 100 valence electrons. The Bertz CT molecular complexity index is 747. The van der Waals surface area contributed by atoms with E-state index < -0.39 is 0 Å². The van der Waals surface area contributed by atoms with Crippen LogP contribution in [-0.4, -0.2) is 9.38 Å². The van der Waals surface area contributed by atoms with Crippen LogP contribution < -0.4 is 0 Å². The van der Waals surface area contributed by atoms with E-state index in [9.17, 15) is 0 Å². The van der Waals surface area contributed by atoms with Crippen LogP contribution in [-0.2, 0) is 6.42 Å². The number of fused-ring (bicyclic) bond motifs is 2. The van der Waals surface area contributed by atoms with Crippen molar-refractivity contribution in [3.63, 3.8) is 0 Å². The Morgan fingerprint density at radius 1 is 1.10 bits per heavy atom. The van der Waals surface area contributed by atoms with Crippen LogP contribution >= 0.6 is 11.8 Å². The molecule has 0 amide bonds. The number of aryl methyl sites for hydroxylation is 1. The second-order valence-corrected chi connectivity index (χ2v) is 6.40. The Labute approximate surface area is 122 Å². The van der Waals surface area contributed by atoms with Gasteiger partial charge >= 0.3 is 0 Å². The van der Waals surface area contributed by atoms with Gasteiger partial charge in [-0.2, -0.15) is 0 Å². The molecule has 20 heavy (non-hydrogen) atoms. The van der Waals surface area contributed by atoms with Crippen molar-refractivity contribution in [1.82, 2.24) is 9.38 Å². The highest BCUT2D eigenvalue weighted by Gasteiger charge is 2.22. The summed E-state index contributed by atoms with van der Waals surface area (Å²) in [6, 6.07) is 15.1. The van der Waals surface area contributed by atoms with Gasteiger partial charge in [-0.3, -0.25) is 4.40 Å². The molecule has 0 spiro atoms. The number of nitrogens with zero attached hydrogens (tertiary/aromatic N) is 2. The Kier molecular flexibility index (Phi) is 3.00. The Morgan fingerprint density at radius 2 is 2.00 bits per heavy atom. The number of hydrogen-bond donors (Lipinski definition) is 0. The fourth-order valence-corrected chi connectivity index (χ4v) is 4.25. The lowest BCUT2D eigenvalue weighted by atomic mass is 9.91. The van der Waals surface area contributed by atoms with Crippen LogP contribution in [0.2, 0.25) is 0 Å². The molecule has 0 N–H and O–H groups in total. The quantitative estimate of drug-likeness (QED) is 0.687. The standard InChI is InChI=1S/C17H16N2S/c1-2-9-15-13(6-1)7-5-10-16(15)20-17-18-12-14-8-3-4-11-19(14)17/h1-4,6,8-9,11-12,16H,5,7,10H2/t16-/m0/s1. The Morgan fingerprint density at radius 3 is 3.00 bits per heavy atom. The molecule has 1 aliphatic carbocycles. The molecule has 1 atom stereocenters. The van der Waals surface area contributed by atoms with Crippen molar-refractivity contribution in [1.29, 1.82) is 0 Å². The SMILES string of the molecule is c1ccc2c(c1)CCC[C@@H]2Sc1ncc2ccccn12. The molecule has 1 aromatic carbocycles. The number of hydrogen-bond acceptors (Lipinski definition) is 2. The van der Waals surface area contributed by atoms with Crippen LogP contribution in [0, 0.1) is 0 Å². The van der Waals surface area contributed by atoms with Crippen molar-refractivity contribution in [3.05, 3.63) is 66.0 Å². The molecular formula is C17H16N2S. The lowest BCUT2D eigenvalue weighted by Crippen LogP contribution is -2.07. The largest absolute Gasteiger partial charge is 0.295 e. The van der Waals surface area contributed by atoms with E-state index in [2.05, 4.69) is 58.0 Å². The summed E-state index contributed by atoms with van der Waals surface area (Å²) in [5, 5.41) is 1.63. The molecule has 0 radical (unpaired) electrons. The number of rotatable bonds is 2. The first-order valence-corrected chi connectivity index (χ1v) is 7.96. The summed E-state index contributed by atoms with van der Waals surface area (Å²) in [7, 11) is 0. The van der Waals surface area contributed by atoms with E-state index in [0.717, 1.165) is 5.16 Å². The fourth-order valence-electron chi connectivity index (χ4n) is 2.97. The summed E-state index contributed by atoms with van der Waals surface area (Å²) in [5.74, 6) is 0. The number of thioether (sulfide) groups is 1. The minimum Gasteiger partial charge on any atom is -0.295 e. The van der Waals surface area contributed by atoms with Gasteiger partial charge in [-0.1, -0.05) is 42.1 Å². The summed E-state index contributed by atoms with van der Waals surface area (Å²) in [5.41, 5.74) is 4.17. The van der Waals surface area contributed by atoms with E-state index in [0.29, 0.717) is 5.25 Å². The third kappa shape index (κ3) is 2.02. The van der Waals surface area contributed by atoms with Gasteiger partial charge in [0.25, 0.3) is 0 Å². The molecule has 3 heteroatoms. The summed E-state index contributed by atoms with van der Waals surface area (Å²) in [4.78, 5) is 4.59. The van der Waals surface area contributed by atoms with Crippen molar-refractivity contribution in [2.45, 2.75) is 29.7 Å². The smallest absolute Gasteiger partial charge is 0.173 e. The van der Waals surface area contributed by atoms with Crippen LogP contribution in [0.25, 0.3) is 5.52 Å². The third-order valence-electron chi connectivity index (χ3n) is 3.97. The normalized spacial score (nSPS) is 18.1. The van der Waals surface area contributed by atoms with E-state index >= 15 is 0 Å². The molecule has 2 nitrogen and oxygen atoms in total. The van der Waals surface area contributed by atoms with E-state index in [1.165, 1.54) is 35.9 Å². The number of benzene rings is 1. The summed E-state index contributed by atoms with van der Waals surface area (Å²) in [6.45, 7) is 0. The Balaban J connectivity index is 1.70. The molecule has 0 unspecified atom stereocenters. The van der Waals surface area contributed by atoms with Crippen molar-refractivity contribution < 1.29 is 0 Å². The first-order chi connectivity index (χ1) is 9.92. The predicted molar refractivity (Wildman–Crippen MR) is 83.2 cm³/mol. The molecule has 0 fully saturated rings. The lowest BCUT2D eigenvalue weighted by Gasteiger charge is -2.24. The maximum absolute atomic E-state index is 4.59. The van der Waals surface area contributed by atoms with Gasteiger partial charge in [0.1, 0.15) is 0 Å². The summed E-state index contributed by atoms with van der Waals surface area (Å²) >= 11 is 1.90. The average Bonchev–Trinajstić information content (AvgIpc) is 2.91. The molecule has 2 heterocycles. The van der Waals surface area contributed by atoms with Crippen molar-refractivity contribution in [2.75, 3.05) is 0 Å². The molecule has 0 saturated carbocycles. The topological polar surface area (TPSA) is 17.3 Å². The van der Waals surface area contributed by atoms with E-state index in [4.69, 9.17) is 0 Å². The van der Waals surface area contributed by atoms with Crippen molar-refractivity contribution in [2.24, 2.45) is 0 Å². The van der Waals surface area contributed by atoms with Gasteiger partial charge in [-0.05, 0) is 42.5 Å². The minimum atomic E-state index is 0.533. The zero-order chi connectivity index (χ0) is 13.4. The highest BCUT2D eigenvalue weighted by atomic mass is 32.2. The monoisotopic (exact) mass is 280 g/mol. The lowest BCUT2D eigenvalue weighted by molar-refractivity contribution is 0.671. The van der Waals surface area contributed by atoms with Gasteiger partial charge < -0.3 is 0 Å². The van der Waals surface area contributed by atoms with Crippen molar-refractivity contribution in [3.8, 4) is 0 Å². The van der Waals surface area contributed by atoms with E-state index in [-0.39, 0.29) is 0 Å². The van der Waals surface area contributed by atoms with Gasteiger partial charge in [0, 0.05) is 11.4 Å². The summed E-state index contributed by atoms with van der Waals surface area (Å²) in [6.07, 6.45) is 7.79. The van der Waals surface area contributed by atoms with Crippen LogP contribution in [0.5, 0.6) is 0 Å². The first kappa shape index (κ1) is 12.0. The minimum absolute atomic E-state index is 0.533. The molecule has 0 saturated heterocycles. The maximum Gasteiger partial charge on any atom is 0.173 e. The highest BCUT2D eigenvalue weighted by molar-refractivity contribution is 7.99. The molecule has 2 aromatic heterocycles. The molecule has 3 aromatic rings.